The maximum absolute atomic E-state index is 6.15. The van der Waals surface area contributed by atoms with Gasteiger partial charge in [0.05, 0.1) is 0 Å². The number of benzene rings is 1. The fourth-order valence-electron chi connectivity index (χ4n) is 1.84. The molecule has 0 saturated heterocycles. The van der Waals surface area contributed by atoms with Crippen LogP contribution in [-0.4, -0.2) is 14.8 Å². The third-order valence-electron chi connectivity index (χ3n) is 2.97. The van der Waals surface area contributed by atoms with E-state index in [9.17, 15) is 0 Å². The zero-order valence-electron chi connectivity index (χ0n) is 10.0. The number of nitrogens with two attached hydrogens (primary N) is 1. The first kappa shape index (κ1) is 13.1. The molecule has 0 aliphatic heterocycles. The molecule has 0 amide bonds. The van der Waals surface area contributed by atoms with Crippen molar-refractivity contribution in [1.29, 1.82) is 0 Å². The molecule has 1 fully saturated rings. The highest BCUT2D eigenvalue weighted by Gasteiger charge is 2.28. The highest BCUT2D eigenvalue weighted by molar-refractivity contribution is 7.98. The van der Waals surface area contributed by atoms with Crippen LogP contribution in [0.4, 0.5) is 5.95 Å². The predicted molar refractivity (Wildman–Crippen MR) is 78.7 cm³/mol. The van der Waals surface area contributed by atoms with E-state index in [1.54, 1.807) is 17.8 Å². The number of thioether (sulfide) groups is 1. The van der Waals surface area contributed by atoms with E-state index in [0.717, 1.165) is 29.3 Å². The van der Waals surface area contributed by atoms with E-state index in [2.05, 4.69) is 10.2 Å². The molecule has 2 aromatic rings. The third-order valence-corrected chi connectivity index (χ3v) is 4.55. The monoisotopic (exact) mass is 314 g/mol. The normalized spacial score (nSPS) is 14.8. The van der Waals surface area contributed by atoms with Gasteiger partial charge < -0.3 is 5.73 Å². The summed E-state index contributed by atoms with van der Waals surface area (Å²) in [4.78, 5) is 0. The van der Waals surface area contributed by atoms with Crippen LogP contribution in [0.1, 0.15) is 24.4 Å². The van der Waals surface area contributed by atoms with Crippen LogP contribution in [0.25, 0.3) is 0 Å². The molecule has 0 spiro atoms. The maximum Gasteiger partial charge on any atom is 0.222 e. The van der Waals surface area contributed by atoms with Crippen LogP contribution < -0.4 is 5.73 Å². The minimum absolute atomic E-state index is 0.471. The van der Waals surface area contributed by atoms with Crippen LogP contribution in [-0.2, 0) is 5.75 Å². The molecule has 0 unspecified atom stereocenters. The average molecular weight is 315 g/mol. The molecular formula is C12H12Cl2N4S. The first-order valence-corrected chi connectivity index (χ1v) is 7.66. The van der Waals surface area contributed by atoms with Gasteiger partial charge in [0.25, 0.3) is 0 Å². The summed E-state index contributed by atoms with van der Waals surface area (Å²) in [7, 11) is 0. The highest BCUT2D eigenvalue weighted by Crippen LogP contribution is 2.40. The summed E-state index contributed by atoms with van der Waals surface area (Å²) < 4.78 is 2.01. The molecule has 0 bridgehead atoms. The van der Waals surface area contributed by atoms with Gasteiger partial charge >= 0.3 is 0 Å². The second-order valence-corrected chi connectivity index (χ2v) is 6.25. The lowest BCUT2D eigenvalue weighted by Crippen LogP contribution is -2.02. The Kier molecular flexibility index (Phi) is 3.60. The second-order valence-electron chi connectivity index (χ2n) is 4.47. The smallest absolute Gasteiger partial charge is 0.222 e. The number of nitrogens with zero attached hydrogens (tertiary/aromatic N) is 3. The molecule has 0 radical (unpaired) electrons. The van der Waals surface area contributed by atoms with Gasteiger partial charge in [-0.2, -0.15) is 0 Å². The Morgan fingerprint density at radius 1 is 1.32 bits per heavy atom. The molecule has 1 aromatic carbocycles. The molecular weight excluding hydrogens is 303 g/mol. The summed E-state index contributed by atoms with van der Waals surface area (Å²) in [5.41, 5.74) is 6.86. The van der Waals surface area contributed by atoms with Crippen molar-refractivity contribution in [1.82, 2.24) is 14.8 Å². The Bertz CT molecular complexity index is 610. The van der Waals surface area contributed by atoms with E-state index in [-0.39, 0.29) is 0 Å². The minimum atomic E-state index is 0.471. The quantitative estimate of drug-likeness (QED) is 0.872. The number of rotatable bonds is 4. The maximum atomic E-state index is 6.15. The predicted octanol–water partition coefficient (Wildman–Crippen LogP) is 3.79. The van der Waals surface area contributed by atoms with Crippen molar-refractivity contribution in [2.75, 3.05) is 5.73 Å². The molecule has 1 aliphatic carbocycles. The fourth-order valence-corrected chi connectivity index (χ4v) is 3.41. The van der Waals surface area contributed by atoms with Crippen molar-refractivity contribution in [3.05, 3.63) is 33.8 Å². The van der Waals surface area contributed by atoms with Crippen LogP contribution in [0.3, 0.4) is 0 Å². The molecule has 19 heavy (non-hydrogen) atoms. The standard InChI is InChI=1S/C12H12Cl2N4S/c13-8-2-1-7(10(14)5-8)6-19-12-17-16-11(15)18(12)9-3-4-9/h1-2,5,9H,3-4,6H2,(H2,15,16). The first-order valence-electron chi connectivity index (χ1n) is 5.92. The summed E-state index contributed by atoms with van der Waals surface area (Å²) in [5.74, 6) is 1.22. The Labute approximate surface area is 125 Å². The number of nitrogen functional groups attached to an aromatic ring is 1. The lowest BCUT2D eigenvalue weighted by Gasteiger charge is -2.07. The van der Waals surface area contributed by atoms with Gasteiger partial charge in [-0.05, 0) is 30.5 Å². The SMILES string of the molecule is Nc1nnc(SCc2ccc(Cl)cc2Cl)n1C1CC1. The van der Waals surface area contributed by atoms with E-state index in [1.807, 2.05) is 16.7 Å². The molecule has 1 aromatic heterocycles. The molecule has 1 aliphatic rings. The molecule has 1 heterocycles. The first-order chi connectivity index (χ1) is 9.15. The van der Waals surface area contributed by atoms with Crippen molar-refractivity contribution >= 4 is 40.9 Å². The van der Waals surface area contributed by atoms with Crippen molar-refractivity contribution < 1.29 is 0 Å². The van der Waals surface area contributed by atoms with Crippen LogP contribution in [0.15, 0.2) is 23.4 Å². The number of hydrogen-bond donors (Lipinski definition) is 1. The summed E-state index contributed by atoms with van der Waals surface area (Å²) >= 11 is 13.6. The van der Waals surface area contributed by atoms with Gasteiger partial charge in [0.2, 0.25) is 5.95 Å². The zero-order chi connectivity index (χ0) is 13.4. The van der Waals surface area contributed by atoms with Gasteiger partial charge in [-0.25, -0.2) is 0 Å². The highest BCUT2D eigenvalue weighted by atomic mass is 35.5. The van der Waals surface area contributed by atoms with E-state index >= 15 is 0 Å². The van der Waals surface area contributed by atoms with Gasteiger partial charge in [0, 0.05) is 21.8 Å². The Morgan fingerprint density at radius 3 is 2.79 bits per heavy atom. The topological polar surface area (TPSA) is 56.7 Å². The fraction of sp³-hybridized carbons (Fsp3) is 0.333. The number of halogens is 2. The largest absolute Gasteiger partial charge is 0.368 e. The van der Waals surface area contributed by atoms with E-state index in [1.165, 1.54) is 0 Å². The lowest BCUT2D eigenvalue weighted by molar-refractivity contribution is 0.671. The Hall–Kier alpha value is -0.910. The Morgan fingerprint density at radius 2 is 2.11 bits per heavy atom. The number of anilines is 1. The van der Waals surface area contributed by atoms with Gasteiger partial charge in [-0.1, -0.05) is 41.0 Å². The zero-order valence-corrected chi connectivity index (χ0v) is 12.3. The van der Waals surface area contributed by atoms with Crippen LogP contribution >= 0.6 is 35.0 Å². The molecule has 4 nitrogen and oxygen atoms in total. The van der Waals surface area contributed by atoms with Gasteiger partial charge in [0.1, 0.15) is 0 Å². The van der Waals surface area contributed by atoms with Crippen molar-refractivity contribution in [3.8, 4) is 0 Å². The number of aromatic nitrogens is 3. The number of hydrogen-bond acceptors (Lipinski definition) is 4. The second kappa shape index (κ2) is 5.23. The third kappa shape index (κ3) is 2.83. The lowest BCUT2D eigenvalue weighted by atomic mass is 10.2. The van der Waals surface area contributed by atoms with Gasteiger partial charge in [-0.3, -0.25) is 4.57 Å². The summed E-state index contributed by atoms with van der Waals surface area (Å²) in [6.07, 6.45) is 2.30. The molecule has 2 N–H and O–H groups in total. The summed E-state index contributed by atoms with van der Waals surface area (Å²) in [5, 5.41) is 10.2. The van der Waals surface area contributed by atoms with Crippen LogP contribution in [0.2, 0.25) is 10.0 Å². The summed E-state index contributed by atoms with van der Waals surface area (Å²) in [6, 6.07) is 5.99. The van der Waals surface area contributed by atoms with Gasteiger partial charge in [0.15, 0.2) is 5.16 Å². The summed E-state index contributed by atoms with van der Waals surface area (Å²) in [6.45, 7) is 0. The van der Waals surface area contributed by atoms with E-state index < -0.39 is 0 Å². The van der Waals surface area contributed by atoms with Crippen molar-refractivity contribution in [2.24, 2.45) is 0 Å². The van der Waals surface area contributed by atoms with Crippen LogP contribution in [0, 0.1) is 0 Å². The minimum Gasteiger partial charge on any atom is -0.368 e. The van der Waals surface area contributed by atoms with E-state index in [4.69, 9.17) is 28.9 Å². The van der Waals surface area contributed by atoms with Crippen LogP contribution in [0.5, 0.6) is 0 Å². The van der Waals surface area contributed by atoms with Gasteiger partial charge in [-0.15, -0.1) is 10.2 Å². The van der Waals surface area contributed by atoms with Crippen molar-refractivity contribution in [2.45, 2.75) is 29.8 Å². The molecule has 0 atom stereocenters. The van der Waals surface area contributed by atoms with E-state index in [0.29, 0.717) is 22.0 Å². The average Bonchev–Trinajstić information content (AvgIpc) is 3.13. The molecule has 100 valence electrons. The molecule has 3 rings (SSSR count). The molecule has 1 saturated carbocycles. The molecule has 7 heteroatoms. The van der Waals surface area contributed by atoms with Crippen molar-refractivity contribution in [3.63, 3.8) is 0 Å². The Balaban J connectivity index is 1.75.